The molecular formula is C39H25N3S. The van der Waals surface area contributed by atoms with Crippen molar-refractivity contribution in [1.29, 1.82) is 0 Å². The highest BCUT2D eigenvalue weighted by molar-refractivity contribution is 7.26. The fourth-order valence-corrected chi connectivity index (χ4v) is 6.00. The summed E-state index contributed by atoms with van der Waals surface area (Å²) in [4.78, 5) is 14.3. The summed E-state index contributed by atoms with van der Waals surface area (Å²) >= 11 is 0.891. The van der Waals surface area contributed by atoms with Crippen LogP contribution < -0.4 is 0 Å². The molecule has 0 aliphatic carbocycles. The lowest BCUT2D eigenvalue weighted by molar-refractivity contribution is 1.07. The second-order valence-electron chi connectivity index (χ2n) is 9.63. The average Bonchev–Trinajstić information content (AvgIpc) is 3.60. The van der Waals surface area contributed by atoms with Gasteiger partial charge in [-0.05, 0) is 34.4 Å². The highest BCUT2D eigenvalue weighted by Gasteiger charge is 2.15. The molecule has 0 aliphatic heterocycles. The maximum atomic E-state index is 9.47. The van der Waals surface area contributed by atoms with E-state index in [1.807, 2.05) is 84.9 Å². The number of hydrogen-bond donors (Lipinski definition) is 0. The van der Waals surface area contributed by atoms with Crippen molar-refractivity contribution in [3.8, 4) is 56.4 Å². The molecule has 0 bridgehead atoms. The fourth-order valence-electron chi connectivity index (χ4n) is 4.88. The first-order valence-electron chi connectivity index (χ1n) is 18.9. The summed E-state index contributed by atoms with van der Waals surface area (Å²) in [5.74, 6) is 0.510. The SMILES string of the molecule is [2H]c1c([2H])c([2H])c(-c2c([2H])c([2H])c([2H])c3c2sc2c([2H])c(-c4nc(-c5ccccc5)nc(-c5cccc(-c6ccccc6)c5)n4)c([2H])c([2H])c23)c([2H])c1[2H]. The summed E-state index contributed by atoms with van der Waals surface area (Å²) in [6.45, 7) is 0. The summed E-state index contributed by atoms with van der Waals surface area (Å²) in [7, 11) is 0. The van der Waals surface area contributed by atoms with Gasteiger partial charge in [0, 0.05) is 36.9 Å². The van der Waals surface area contributed by atoms with Gasteiger partial charge in [-0.3, -0.25) is 0 Å². The van der Waals surface area contributed by atoms with E-state index in [1.54, 1.807) is 0 Å². The lowest BCUT2D eigenvalue weighted by Gasteiger charge is -2.10. The molecule has 0 aliphatic rings. The first kappa shape index (κ1) is 16.3. The summed E-state index contributed by atoms with van der Waals surface area (Å²) < 4.78 is 96.3. The molecule has 0 N–H and O–H groups in total. The first-order chi connectivity index (χ1) is 25.9. The topological polar surface area (TPSA) is 38.7 Å². The Morgan fingerprint density at radius 1 is 0.465 bits per heavy atom. The molecule has 2 aromatic heterocycles. The number of fused-ring (bicyclic) bond motifs is 3. The van der Waals surface area contributed by atoms with Crippen LogP contribution in [-0.4, -0.2) is 15.0 Å². The maximum absolute atomic E-state index is 9.47. The molecule has 2 heterocycles. The van der Waals surface area contributed by atoms with Gasteiger partial charge in [-0.25, -0.2) is 15.0 Å². The molecule has 0 unspecified atom stereocenters. The number of aromatic nitrogens is 3. The van der Waals surface area contributed by atoms with E-state index < -0.39 is 54.4 Å². The largest absolute Gasteiger partial charge is 0.208 e. The molecule has 0 saturated heterocycles. The zero-order chi connectivity index (χ0) is 38.2. The summed E-state index contributed by atoms with van der Waals surface area (Å²) in [6, 6.07) is 20.9. The quantitative estimate of drug-likeness (QED) is 0.204. The fraction of sp³-hybridized carbons (Fsp3) is 0. The highest BCUT2D eigenvalue weighted by atomic mass is 32.1. The standard InChI is InChI=1S/C39H25N3S/c1-4-12-26(13-5-1)29-18-10-19-30(24-29)38-40-37(28-16-8-3-9-17-28)41-39(42-38)31-22-23-33-34-21-11-20-32(27-14-6-2-7-15-27)36(34)43-35(33)25-31/h1-25H/i2D,6D,7D,11D,14D,15D,20D,21D,22D,23D,25D. The van der Waals surface area contributed by atoms with Crippen LogP contribution in [0.4, 0.5) is 0 Å². The van der Waals surface area contributed by atoms with Crippen LogP contribution in [0.25, 0.3) is 76.6 Å². The van der Waals surface area contributed by atoms with Crippen molar-refractivity contribution in [2.24, 2.45) is 0 Å². The summed E-state index contributed by atoms with van der Waals surface area (Å²) in [5.41, 5.74) is 2.63. The van der Waals surface area contributed by atoms with Gasteiger partial charge in [0.2, 0.25) is 0 Å². The van der Waals surface area contributed by atoms with Crippen molar-refractivity contribution >= 4 is 31.5 Å². The molecule has 8 aromatic rings. The van der Waals surface area contributed by atoms with Gasteiger partial charge < -0.3 is 0 Å². The Morgan fingerprint density at radius 3 is 1.88 bits per heavy atom. The first-order valence-corrected chi connectivity index (χ1v) is 14.2. The Morgan fingerprint density at radius 2 is 1.12 bits per heavy atom. The minimum absolute atomic E-state index is 0.00833. The van der Waals surface area contributed by atoms with E-state index in [0.29, 0.717) is 11.1 Å². The van der Waals surface area contributed by atoms with E-state index in [4.69, 9.17) is 25.9 Å². The highest BCUT2D eigenvalue weighted by Crippen LogP contribution is 2.41. The third-order valence-electron chi connectivity index (χ3n) is 6.93. The Balaban J connectivity index is 1.43. The molecule has 0 fully saturated rings. The molecule has 8 rings (SSSR count). The van der Waals surface area contributed by atoms with Crippen LogP contribution in [0.15, 0.2) is 151 Å². The normalized spacial score (nSPS) is 14.8. The Hall–Kier alpha value is -5.45. The van der Waals surface area contributed by atoms with E-state index in [-0.39, 0.29) is 66.4 Å². The van der Waals surface area contributed by atoms with Crippen LogP contribution in [0.2, 0.25) is 0 Å². The van der Waals surface area contributed by atoms with Gasteiger partial charge in [0.1, 0.15) is 0 Å². The van der Waals surface area contributed by atoms with Crippen molar-refractivity contribution < 1.29 is 15.1 Å². The minimum atomic E-state index is -0.631. The minimum Gasteiger partial charge on any atom is -0.208 e. The monoisotopic (exact) mass is 578 g/mol. The van der Waals surface area contributed by atoms with Crippen molar-refractivity contribution in [2.45, 2.75) is 0 Å². The molecular weight excluding hydrogens is 543 g/mol. The smallest absolute Gasteiger partial charge is 0.164 e. The number of hydrogen-bond acceptors (Lipinski definition) is 4. The van der Waals surface area contributed by atoms with Gasteiger partial charge in [0.15, 0.2) is 17.5 Å². The third-order valence-corrected chi connectivity index (χ3v) is 8.05. The zero-order valence-electron chi connectivity index (χ0n) is 33.3. The number of benzene rings is 6. The van der Waals surface area contributed by atoms with Crippen LogP contribution in [0.1, 0.15) is 15.1 Å². The van der Waals surface area contributed by atoms with E-state index in [2.05, 4.69) is 0 Å². The Labute approximate surface area is 269 Å². The third kappa shape index (κ3) is 4.78. The molecule has 43 heavy (non-hydrogen) atoms. The van der Waals surface area contributed by atoms with Gasteiger partial charge >= 0.3 is 0 Å². The Bertz CT molecular complexity index is 2820. The van der Waals surface area contributed by atoms with E-state index in [0.717, 1.165) is 22.5 Å². The molecule has 202 valence electrons. The van der Waals surface area contributed by atoms with Crippen LogP contribution in [-0.2, 0) is 0 Å². The van der Waals surface area contributed by atoms with Crippen LogP contribution in [0.5, 0.6) is 0 Å². The number of rotatable bonds is 5. The van der Waals surface area contributed by atoms with Crippen molar-refractivity contribution in [3.63, 3.8) is 0 Å². The molecule has 0 spiro atoms. The van der Waals surface area contributed by atoms with Crippen LogP contribution in [0, 0.1) is 0 Å². The number of nitrogens with zero attached hydrogens (tertiary/aromatic N) is 3. The maximum Gasteiger partial charge on any atom is 0.164 e. The second-order valence-corrected chi connectivity index (χ2v) is 10.7. The predicted molar refractivity (Wildman–Crippen MR) is 180 cm³/mol. The van der Waals surface area contributed by atoms with E-state index >= 15 is 0 Å². The lowest BCUT2D eigenvalue weighted by Crippen LogP contribution is -2.00. The molecule has 0 amide bonds. The summed E-state index contributed by atoms with van der Waals surface area (Å²) in [5, 5.41) is -0.00982. The van der Waals surface area contributed by atoms with Gasteiger partial charge in [-0.15, -0.1) is 11.3 Å². The molecule has 6 aromatic carbocycles. The van der Waals surface area contributed by atoms with Crippen molar-refractivity contribution in [2.75, 3.05) is 0 Å². The van der Waals surface area contributed by atoms with E-state index in [9.17, 15) is 4.11 Å². The molecule has 0 atom stereocenters. The van der Waals surface area contributed by atoms with Gasteiger partial charge in [-0.1, -0.05) is 139 Å². The second kappa shape index (κ2) is 10.8. The molecule has 0 radical (unpaired) electrons. The van der Waals surface area contributed by atoms with Crippen LogP contribution in [0.3, 0.4) is 0 Å². The predicted octanol–water partition coefficient (Wildman–Crippen LogP) is 10.6. The van der Waals surface area contributed by atoms with Crippen molar-refractivity contribution in [1.82, 2.24) is 15.0 Å². The summed E-state index contributed by atoms with van der Waals surface area (Å²) in [6.07, 6.45) is 0. The molecule has 0 saturated carbocycles. The van der Waals surface area contributed by atoms with Crippen LogP contribution >= 0.6 is 11.3 Å². The molecule has 4 heteroatoms. The molecule has 3 nitrogen and oxygen atoms in total. The van der Waals surface area contributed by atoms with Gasteiger partial charge in [0.25, 0.3) is 0 Å². The Kier molecular flexibility index (Phi) is 4.06. The zero-order valence-corrected chi connectivity index (χ0v) is 23.1. The number of thiophene rings is 1. The lowest BCUT2D eigenvalue weighted by atomic mass is 10.0. The average molecular weight is 579 g/mol. The van der Waals surface area contributed by atoms with Gasteiger partial charge in [0.05, 0.1) is 15.1 Å². The van der Waals surface area contributed by atoms with Crippen molar-refractivity contribution in [3.05, 3.63) is 151 Å². The van der Waals surface area contributed by atoms with E-state index in [1.165, 1.54) is 0 Å². The van der Waals surface area contributed by atoms with Gasteiger partial charge in [-0.2, -0.15) is 0 Å².